The lowest BCUT2D eigenvalue weighted by molar-refractivity contribution is -0.141. The van der Waals surface area contributed by atoms with Gasteiger partial charge in [-0.3, -0.25) is 14.5 Å². The summed E-state index contributed by atoms with van der Waals surface area (Å²) in [7, 11) is 1.58. The molecule has 42 heavy (non-hydrogen) atoms. The van der Waals surface area contributed by atoms with E-state index >= 15 is 0 Å². The summed E-state index contributed by atoms with van der Waals surface area (Å²) in [6, 6.07) is 18.8. The van der Waals surface area contributed by atoms with E-state index in [0.29, 0.717) is 31.6 Å². The lowest BCUT2D eigenvalue weighted by Gasteiger charge is -2.36. The molecular weight excluding hydrogens is 536 g/mol. The average Bonchev–Trinajstić information content (AvgIpc) is 3.71. The van der Waals surface area contributed by atoms with Crippen LogP contribution in [0, 0.1) is 0 Å². The Balaban J connectivity index is 1.34. The van der Waals surface area contributed by atoms with Gasteiger partial charge in [0.25, 0.3) is 11.8 Å². The molecule has 4 amide bonds. The first-order chi connectivity index (χ1) is 20.4. The predicted molar refractivity (Wildman–Crippen MR) is 153 cm³/mol. The molecule has 3 aromatic carbocycles. The molecule has 7 rings (SSSR count). The third-order valence-corrected chi connectivity index (χ3v) is 8.63. The van der Waals surface area contributed by atoms with E-state index in [2.05, 4.69) is 4.98 Å². The summed E-state index contributed by atoms with van der Waals surface area (Å²) in [5.41, 5.74) is 3.77. The van der Waals surface area contributed by atoms with Crippen molar-refractivity contribution < 1.29 is 29.0 Å². The van der Waals surface area contributed by atoms with Crippen molar-refractivity contribution >= 4 is 40.4 Å². The lowest BCUT2D eigenvalue weighted by atomic mass is 9.89. The van der Waals surface area contributed by atoms with Gasteiger partial charge in [0.05, 0.1) is 18.4 Å². The van der Waals surface area contributed by atoms with Crippen LogP contribution < -0.4 is 9.64 Å². The van der Waals surface area contributed by atoms with Gasteiger partial charge in [-0.15, -0.1) is 0 Å². The van der Waals surface area contributed by atoms with Crippen molar-refractivity contribution in [2.45, 2.75) is 37.4 Å². The molecule has 4 aromatic rings. The number of ether oxygens (including phenoxy) is 1. The zero-order chi connectivity index (χ0) is 29.1. The maximum atomic E-state index is 14.3. The van der Waals surface area contributed by atoms with E-state index in [-0.39, 0.29) is 11.3 Å². The van der Waals surface area contributed by atoms with Crippen LogP contribution >= 0.6 is 0 Å². The number of fused-ring (bicyclic) bond motifs is 4. The Hall–Kier alpha value is -5.12. The minimum absolute atomic E-state index is 0.120. The normalized spacial score (nSPS) is 21.5. The maximum absolute atomic E-state index is 14.3. The molecule has 0 spiro atoms. The number of carbonyl (C=O) groups excluding carboxylic acids is 3. The fourth-order valence-electron chi connectivity index (χ4n) is 6.73. The Morgan fingerprint density at radius 3 is 2.60 bits per heavy atom. The molecule has 0 radical (unpaired) electrons. The summed E-state index contributed by atoms with van der Waals surface area (Å²) in [4.78, 5) is 61.6. The van der Waals surface area contributed by atoms with Crippen LogP contribution in [0.4, 0.5) is 10.5 Å². The highest BCUT2D eigenvalue weighted by molar-refractivity contribution is 6.24. The number of imide groups is 1. The number of hydrogen-bond acceptors (Lipinski definition) is 5. The zero-order valence-electron chi connectivity index (χ0n) is 22.8. The van der Waals surface area contributed by atoms with Gasteiger partial charge in [-0.2, -0.15) is 0 Å². The molecule has 10 heteroatoms. The minimum atomic E-state index is -1.07. The number of carbonyl (C=O) groups is 4. The number of aromatic nitrogens is 1. The van der Waals surface area contributed by atoms with E-state index in [1.54, 1.807) is 36.3 Å². The maximum Gasteiger partial charge on any atom is 0.332 e. The highest BCUT2D eigenvalue weighted by Gasteiger charge is 2.54. The number of H-pyrrole nitrogens is 1. The SMILES string of the molecule is COc1cccc([C@H]2c3[nH]c4ccccc4c3C[C@H]3C(=O)N(c4ccccc4C(=O)N4CCC[C@@H]4C(=O)O)C(=O)N23)c1. The van der Waals surface area contributed by atoms with E-state index in [1.165, 1.54) is 4.90 Å². The first-order valence-electron chi connectivity index (χ1n) is 13.9. The van der Waals surface area contributed by atoms with Crippen molar-refractivity contribution in [1.29, 1.82) is 0 Å². The molecule has 0 bridgehead atoms. The van der Waals surface area contributed by atoms with E-state index in [1.807, 2.05) is 48.5 Å². The number of carboxylic acid groups (broad SMARTS) is 1. The van der Waals surface area contributed by atoms with Crippen LogP contribution in [0.1, 0.15) is 46.1 Å². The summed E-state index contributed by atoms with van der Waals surface area (Å²) < 4.78 is 5.48. The third-order valence-electron chi connectivity index (χ3n) is 8.63. The van der Waals surface area contributed by atoms with Gasteiger partial charge in [0.15, 0.2) is 0 Å². The molecule has 0 saturated carbocycles. The van der Waals surface area contributed by atoms with Gasteiger partial charge in [-0.1, -0.05) is 42.5 Å². The second kappa shape index (κ2) is 9.76. The molecule has 2 saturated heterocycles. The second-order valence-corrected chi connectivity index (χ2v) is 10.8. The Labute approximate surface area is 241 Å². The smallest absolute Gasteiger partial charge is 0.332 e. The minimum Gasteiger partial charge on any atom is -0.497 e. The molecule has 0 unspecified atom stereocenters. The van der Waals surface area contributed by atoms with Crippen LogP contribution in [0.3, 0.4) is 0 Å². The predicted octanol–water partition coefficient (Wildman–Crippen LogP) is 4.35. The van der Waals surface area contributed by atoms with Crippen LogP contribution in [0.15, 0.2) is 72.8 Å². The van der Waals surface area contributed by atoms with Crippen LogP contribution in [0.2, 0.25) is 0 Å². The van der Waals surface area contributed by atoms with Crippen molar-refractivity contribution in [1.82, 2.24) is 14.8 Å². The monoisotopic (exact) mass is 564 g/mol. The lowest BCUT2D eigenvalue weighted by Crippen LogP contribution is -2.44. The van der Waals surface area contributed by atoms with Crippen molar-refractivity contribution in [2.75, 3.05) is 18.6 Å². The topological polar surface area (TPSA) is 123 Å². The molecule has 1 aromatic heterocycles. The number of benzene rings is 3. The molecule has 3 aliphatic rings. The molecule has 10 nitrogen and oxygen atoms in total. The number of carboxylic acids is 1. The van der Waals surface area contributed by atoms with Crippen LogP contribution in [0.5, 0.6) is 5.75 Å². The number of nitrogens with one attached hydrogen (secondary N) is 1. The highest BCUT2D eigenvalue weighted by Crippen LogP contribution is 2.45. The van der Waals surface area contributed by atoms with Crippen molar-refractivity contribution in [3.05, 3.63) is 95.2 Å². The summed E-state index contributed by atoms with van der Waals surface area (Å²) >= 11 is 0. The average molecular weight is 565 g/mol. The first-order valence-corrected chi connectivity index (χ1v) is 13.9. The van der Waals surface area contributed by atoms with Gasteiger partial charge < -0.3 is 19.7 Å². The largest absolute Gasteiger partial charge is 0.497 e. The molecule has 2 N–H and O–H groups in total. The number of para-hydroxylation sites is 2. The quantitative estimate of drug-likeness (QED) is 0.348. The molecule has 3 atom stereocenters. The van der Waals surface area contributed by atoms with Crippen LogP contribution in [-0.2, 0) is 16.0 Å². The molecule has 3 aliphatic heterocycles. The van der Waals surface area contributed by atoms with Crippen molar-refractivity contribution in [3.63, 3.8) is 0 Å². The van der Waals surface area contributed by atoms with Gasteiger partial charge in [0, 0.05) is 29.6 Å². The van der Waals surface area contributed by atoms with Gasteiger partial charge >= 0.3 is 12.0 Å². The van der Waals surface area contributed by atoms with Crippen molar-refractivity contribution in [3.8, 4) is 5.75 Å². The fourth-order valence-corrected chi connectivity index (χ4v) is 6.73. The number of amides is 4. The van der Waals surface area contributed by atoms with Gasteiger partial charge in [-0.25, -0.2) is 14.5 Å². The molecule has 4 heterocycles. The first kappa shape index (κ1) is 25.8. The van der Waals surface area contributed by atoms with Crippen LogP contribution in [0.25, 0.3) is 10.9 Å². The highest BCUT2D eigenvalue weighted by atomic mass is 16.5. The number of rotatable bonds is 5. The number of aliphatic carboxylic acids is 1. The zero-order valence-corrected chi connectivity index (χ0v) is 22.8. The summed E-state index contributed by atoms with van der Waals surface area (Å²) in [5.74, 6) is -1.39. The molecule has 2 fully saturated rings. The number of likely N-dealkylation sites (tertiary alicyclic amines) is 1. The molecule has 0 aliphatic carbocycles. The molecular formula is C32H28N4O6. The Kier molecular flexibility index (Phi) is 6.00. The van der Waals surface area contributed by atoms with E-state index in [4.69, 9.17) is 4.74 Å². The standard InChI is InChI=1S/C32H28N4O6/c1-42-19-9-6-8-18(16-19)28-27-22(20-10-2-4-12-23(20)33-27)17-26-30(38)36(32(41)35(26)28)24-13-5-3-11-21(24)29(37)34-15-7-14-25(34)31(39)40/h2-6,8-13,16,25-26,28,33H,7,14-15,17H2,1H3,(H,39,40)/t25-,26+,28+/m1/s1. The summed E-state index contributed by atoms with van der Waals surface area (Å²) in [6.45, 7) is 0.292. The summed E-state index contributed by atoms with van der Waals surface area (Å²) in [5, 5.41) is 10.7. The molecule has 212 valence electrons. The number of nitrogens with zero attached hydrogens (tertiary/aromatic N) is 3. The van der Waals surface area contributed by atoms with Crippen LogP contribution in [-0.4, -0.2) is 69.4 Å². The van der Waals surface area contributed by atoms with Gasteiger partial charge in [0.1, 0.15) is 23.9 Å². The van der Waals surface area contributed by atoms with E-state index in [9.17, 15) is 24.3 Å². The van der Waals surface area contributed by atoms with E-state index in [0.717, 1.165) is 32.6 Å². The Morgan fingerprint density at radius 2 is 1.79 bits per heavy atom. The number of methoxy groups -OCH3 is 1. The Morgan fingerprint density at radius 1 is 1.00 bits per heavy atom. The van der Waals surface area contributed by atoms with Gasteiger partial charge in [-0.05, 0) is 54.3 Å². The second-order valence-electron chi connectivity index (χ2n) is 10.8. The van der Waals surface area contributed by atoms with Crippen molar-refractivity contribution in [2.24, 2.45) is 0 Å². The number of hydrogen-bond donors (Lipinski definition) is 2. The Bertz CT molecular complexity index is 1780. The number of aromatic amines is 1. The van der Waals surface area contributed by atoms with E-state index < -0.39 is 41.9 Å². The number of urea groups is 1. The van der Waals surface area contributed by atoms with Gasteiger partial charge in [0.2, 0.25) is 0 Å². The number of anilines is 1. The summed E-state index contributed by atoms with van der Waals surface area (Å²) in [6.07, 6.45) is 1.23. The third kappa shape index (κ3) is 3.78. The fraction of sp³-hybridized carbons (Fsp3) is 0.250.